The maximum Gasteiger partial charge on any atom is 0.264 e. The molecule has 1 aromatic heterocycles. The fourth-order valence-corrected chi connectivity index (χ4v) is 2.30. The summed E-state index contributed by atoms with van der Waals surface area (Å²) in [6, 6.07) is 7.20. The molecule has 0 aliphatic rings. The van der Waals surface area contributed by atoms with E-state index in [4.69, 9.17) is 0 Å². The Hall–Kier alpha value is -2.96. The number of carbonyl (C=O) groups excluding carboxylic acids is 2. The third-order valence-electron chi connectivity index (χ3n) is 4.10. The van der Waals surface area contributed by atoms with E-state index in [0.717, 1.165) is 11.1 Å². The van der Waals surface area contributed by atoms with Gasteiger partial charge in [0, 0.05) is 38.3 Å². The fraction of sp³-hybridized carbons (Fsp3) is 0.333. The molecule has 25 heavy (non-hydrogen) atoms. The minimum atomic E-state index is -0.505. The predicted octanol–water partition coefficient (Wildman–Crippen LogP) is 1.34. The minimum Gasteiger partial charge on any atom is -0.359 e. The first-order chi connectivity index (χ1) is 11.8. The van der Waals surface area contributed by atoms with Gasteiger partial charge in [0.1, 0.15) is 11.4 Å². The number of hydrogen-bond acceptors (Lipinski definition) is 4. The van der Waals surface area contributed by atoms with E-state index in [1.807, 2.05) is 31.2 Å². The summed E-state index contributed by atoms with van der Waals surface area (Å²) in [4.78, 5) is 44.5. The lowest BCUT2D eigenvalue weighted by molar-refractivity contribution is -0.121. The van der Waals surface area contributed by atoms with Gasteiger partial charge in [-0.2, -0.15) is 0 Å². The quantitative estimate of drug-likeness (QED) is 0.857. The lowest BCUT2D eigenvalue weighted by Gasteiger charge is -2.24. The smallest absolute Gasteiger partial charge is 0.264 e. The van der Waals surface area contributed by atoms with Gasteiger partial charge in [-0.05, 0) is 13.8 Å². The molecule has 0 aliphatic carbocycles. The first-order valence-corrected chi connectivity index (χ1v) is 7.97. The summed E-state index contributed by atoms with van der Waals surface area (Å²) in [5.41, 5.74) is 1.31. The van der Waals surface area contributed by atoms with Gasteiger partial charge in [-0.25, -0.2) is 4.98 Å². The molecule has 7 heteroatoms. The Bertz CT molecular complexity index is 827. The van der Waals surface area contributed by atoms with Crippen LogP contribution in [0.4, 0.5) is 0 Å². The Kier molecular flexibility index (Phi) is 5.69. The highest BCUT2D eigenvalue weighted by molar-refractivity contribution is 5.94. The van der Waals surface area contributed by atoms with Crippen molar-refractivity contribution < 1.29 is 9.59 Å². The molecule has 0 fully saturated rings. The Balaban J connectivity index is 2.22. The van der Waals surface area contributed by atoms with Gasteiger partial charge in [-0.1, -0.05) is 29.8 Å². The van der Waals surface area contributed by atoms with E-state index >= 15 is 0 Å². The molecule has 0 saturated carbocycles. The highest BCUT2D eigenvalue weighted by Gasteiger charge is 2.22. The van der Waals surface area contributed by atoms with Crippen molar-refractivity contribution in [1.29, 1.82) is 0 Å². The van der Waals surface area contributed by atoms with Crippen LogP contribution in [0.3, 0.4) is 0 Å². The molecule has 2 rings (SSSR count). The number of carbonyl (C=O) groups is 2. The normalized spacial score (nSPS) is 11.7. The Labute approximate surface area is 146 Å². The third-order valence-corrected chi connectivity index (χ3v) is 4.10. The van der Waals surface area contributed by atoms with Crippen LogP contribution in [0.25, 0.3) is 11.4 Å². The number of aryl methyl sites for hydroxylation is 1. The summed E-state index contributed by atoms with van der Waals surface area (Å²) in [7, 11) is 3.10. The van der Waals surface area contributed by atoms with Gasteiger partial charge in [-0.3, -0.25) is 14.4 Å². The van der Waals surface area contributed by atoms with Crippen LogP contribution in [-0.4, -0.2) is 46.8 Å². The number of hydrogen-bond donors (Lipinski definition) is 2. The van der Waals surface area contributed by atoms with Crippen molar-refractivity contribution in [2.24, 2.45) is 0 Å². The second kappa shape index (κ2) is 7.74. The summed E-state index contributed by atoms with van der Waals surface area (Å²) >= 11 is 0. The molecule has 0 radical (unpaired) electrons. The molecule has 7 nitrogen and oxygen atoms in total. The van der Waals surface area contributed by atoms with Crippen molar-refractivity contribution in [3.63, 3.8) is 0 Å². The zero-order chi connectivity index (χ0) is 18.6. The summed E-state index contributed by atoms with van der Waals surface area (Å²) in [5, 5.41) is 2.51. The number of aromatic nitrogens is 2. The molecule has 0 bridgehead atoms. The van der Waals surface area contributed by atoms with Crippen LogP contribution in [0.5, 0.6) is 0 Å². The standard InChI is InChI=1S/C18H22N4O3/c1-11-5-7-13(8-6-11)16-20-10-14(17(24)21-16)18(25)22(4)12(2)9-15(23)19-3/h5-8,10,12H,9H2,1-4H3,(H,19,23)(H,20,21,24). The van der Waals surface area contributed by atoms with Gasteiger partial charge in [0.2, 0.25) is 5.91 Å². The van der Waals surface area contributed by atoms with Crippen LogP contribution in [0, 0.1) is 6.92 Å². The molecule has 2 amide bonds. The van der Waals surface area contributed by atoms with Crippen LogP contribution in [0.2, 0.25) is 0 Å². The molecule has 2 N–H and O–H groups in total. The maximum atomic E-state index is 12.5. The summed E-state index contributed by atoms with van der Waals surface area (Å²) in [6.07, 6.45) is 1.44. The third kappa shape index (κ3) is 4.32. The molecule has 0 spiro atoms. The number of benzene rings is 1. The van der Waals surface area contributed by atoms with Crippen LogP contribution in [-0.2, 0) is 4.79 Å². The topological polar surface area (TPSA) is 95.2 Å². The largest absolute Gasteiger partial charge is 0.359 e. The summed E-state index contributed by atoms with van der Waals surface area (Å²) in [6.45, 7) is 3.72. The van der Waals surface area contributed by atoms with Crippen molar-refractivity contribution in [2.45, 2.75) is 26.3 Å². The summed E-state index contributed by atoms with van der Waals surface area (Å²) < 4.78 is 0. The van der Waals surface area contributed by atoms with Crippen molar-refractivity contribution >= 4 is 11.8 Å². The van der Waals surface area contributed by atoms with E-state index < -0.39 is 11.5 Å². The van der Waals surface area contributed by atoms with E-state index in [9.17, 15) is 14.4 Å². The number of amides is 2. The first-order valence-electron chi connectivity index (χ1n) is 7.97. The van der Waals surface area contributed by atoms with Gasteiger partial charge in [-0.15, -0.1) is 0 Å². The molecular formula is C18H22N4O3. The number of nitrogens with zero attached hydrogens (tertiary/aromatic N) is 2. The number of nitrogens with one attached hydrogen (secondary N) is 2. The zero-order valence-electron chi connectivity index (χ0n) is 14.8. The average Bonchev–Trinajstić information content (AvgIpc) is 2.60. The molecule has 132 valence electrons. The molecule has 0 saturated heterocycles. The second-order valence-corrected chi connectivity index (χ2v) is 5.98. The second-order valence-electron chi connectivity index (χ2n) is 5.98. The molecular weight excluding hydrogens is 320 g/mol. The fourth-order valence-electron chi connectivity index (χ4n) is 2.30. The molecule has 1 heterocycles. The van der Waals surface area contributed by atoms with Crippen molar-refractivity contribution in [3.05, 3.63) is 51.9 Å². The van der Waals surface area contributed by atoms with Crippen molar-refractivity contribution in [3.8, 4) is 11.4 Å². The van der Waals surface area contributed by atoms with E-state index in [2.05, 4.69) is 15.3 Å². The first kappa shape index (κ1) is 18.4. The highest BCUT2D eigenvalue weighted by atomic mass is 16.2. The monoisotopic (exact) mass is 342 g/mol. The van der Waals surface area contributed by atoms with Crippen LogP contribution >= 0.6 is 0 Å². The van der Waals surface area contributed by atoms with Gasteiger partial charge < -0.3 is 15.2 Å². The molecule has 1 aromatic carbocycles. The van der Waals surface area contributed by atoms with Gasteiger partial charge in [0.15, 0.2) is 0 Å². The van der Waals surface area contributed by atoms with Gasteiger partial charge in [0.25, 0.3) is 11.5 Å². The number of aromatic amines is 1. The van der Waals surface area contributed by atoms with E-state index in [-0.39, 0.29) is 23.9 Å². The maximum absolute atomic E-state index is 12.5. The van der Waals surface area contributed by atoms with Crippen LogP contribution in [0.15, 0.2) is 35.3 Å². The molecule has 1 atom stereocenters. The lowest BCUT2D eigenvalue weighted by atomic mass is 10.1. The van der Waals surface area contributed by atoms with Crippen LogP contribution < -0.4 is 10.9 Å². The molecule has 1 unspecified atom stereocenters. The van der Waals surface area contributed by atoms with Gasteiger partial charge >= 0.3 is 0 Å². The highest BCUT2D eigenvalue weighted by Crippen LogP contribution is 2.14. The number of H-pyrrole nitrogens is 1. The Morgan fingerprint density at radius 1 is 1.28 bits per heavy atom. The van der Waals surface area contributed by atoms with E-state index in [0.29, 0.717) is 5.82 Å². The SMILES string of the molecule is CNC(=O)CC(C)N(C)C(=O)c1cnc(-c2ccc(C)cc2)[nH]c1=O. The molecule has 2 aromatic rings. The van der Waals surface area contributed by atoms with E-state index in [1.54, 1.807) is 14.0 Å². The van der Waals surface area contributed by atoms with Gasteiger partial charge in [0.05, 0.1) is 0 Å². The number of rotatable bonds is 5. The lowest BCUT2D eigenvalue weighted by Crippen LogP contribution is -2.40. The predicted molar refractivity (Wildman–Crippen MR) is 95.3 cm³/mol. The molecule has 0 aliphatic heterocycles. The van der Waals surface area contributed by atoms with Crippen molar-refractivity contribution in [2.75, 3.05) is 14.1 Å². The van der Waals surface area contributed by atoms with E-state index in [1.165, 1.54) is 18.1 Å². The average molecular weight is 342 g/mol. The Morgan fingerprint density at radius 3 is 2.48 bits per heavy atom. The van der Waals surface area contributed by atoms with Crippen molar-refractivity contribution in [1.82, 2.24) is 20.2 Å². The zero-order valence-corrected chi connectivity index (χ0v) is 14.8. The van der Waals surface area contributed by atoms with Crippen LogP contribution in [0.1, 0.15) is 29.3 Å². The summed E-state index contributed by atoms with van der Waals surface area (Å²) in [5.74, 6) is -0.239. The Morgan fingerprint density at radius 2 is 1.92 bits per heavy atom. The minimum absolute atomic E-state index is 0.0536.